The second-order valence-corrected chi connectivity index (χ2v) is 7.22. The van der Waals surface area contributed by atoms with E-state index >= 15 is 0 Å². The number of hydrogen-bond acceptors (Lipinski definition) is 2. The highest BCUT2D eigenvalue weighted by Gasteiger charge is 2.29. The summed E-state index contributed by atoms with van der Waals surface area (Å²) in [5, 5.41) is 2.99. The number of amides is 2. The zero-order valence-electron chi connectivity index (χ0n) is 14.1. The summed E-state index contributed by atoms with van der Waals surface area (Å²) in [7, 11) is 0. The standard InChI is InChI=1S/C18H25FN2O2/c1-18(2,3)20-17(23)14-5-4-10-21(12-14)16(22)11-13-6-8-15(19)9-7-13/h6-9,14H,4-5,10-12H2,1-3H3,(H,20,23)/t14-/m1/s1. The van der Waals surface area contributed by atoms with E-state index in [2.05, 4.69) is 5.32 Å². The lowest BCUT2D eigenvalue weighted by atomic mass is 9.95. The van der Waals surface area contributed by atoms with Crippen molar-refractivity contribution in [1.29, 1.82) is 0 Å². The van der Waals surface area contributed by atoms with Gasteiger partial charge in [0.05, 0.1) is 12.3 Å². The van der Waals surface area contributed by atoms with Crippen molar-refractivity contribution in [3.63, 3.8) is 0 Å². The Labute approximate surface area is 137 Å². The SMILES string of the molecule is CC(C)(C)NC(=O)[C@@H]1CCCN(C(=O)Cc2ccc(F)cc2)C1. The molecule has 1 heterocycles. The van der Waals surface area contributed by atoms with Crippen molar-refractivity contribution in [2.45, 2.75) is 45.6 Å². The van der Waals surface area contributed by atoms with Crippen molar-refractivity contribution in [1.82, 2.24) is 10.2 Å². The van der Waals surface area contributed by atoms with Gasteiger partial charge in [-0.05, 0) is 51.3 Å². The van der Waals surface area contributed by atoms with Gasteiger partial charge in [0.25, 0.3) is 0 Å². The molecule has 4 nitrogen and oxygen atoms in total. The number of benzene rings is 1. The lowest BCUT2D eigenvalue weighted by molar-refractivity contribution is -0.135. The number of hydrogen-bond donors (Lipinski definition) is 1. The fourth-order valence-electron chi connectivity index (χ4n) is 2.78. The van der Waals surface area contributed by atoms with Gasteiger partial charge in [-0.25, -0.2) is 4.39 Å². The summed E-state index contributed by atoms with van der Waals surface area (Å²) in [5.74, 6) is -0.458. The normalized spacial score (nSPS) is 18.6. The lowest BCUT2D eigenvalue weighted by Crippen LogP contribution is -2.50. The number of rotatable bonds is 3. The molecule has 2 rings (SSSR count). The second kappa shape index (κ2) is 7.11. The van der Waals surface area contributed by atoms with E-state index in [1.54, 1.807) is 17.0 Å². The van der Waals surface area contributed by atoms with Gasteiger partial charge in [-0.1, -0.05) is 12.1 Å². The third kappa shape index (κ3) is 5.34. The summed E-state index contributed by atoms with van der Waals surface area (Å²) in [6.07, 6.45) is 1.88. The Hall–Kier alpha value is -1.91. The zero-order chi connectivity index (χ0) is 17.0. The molecular formula is C18H25FN2O2. The molecule has 1 aromatic rings. The van der Waals surface area contributed by atoms with Crippen LogP contribution in [0.3, 0.4) is 0 Å². The smallest absolute Gasteiger partial charge is 0.227 e. The van der Waals surface area contributed by atoms with Crippen molar-refractivity contribution in [3.05, 3.63) is 35.6 Å². The number of piperidine rings is 1. The molecule has 1 aliphatic heterocycles. The van der Waals surface area contributed by atoms with E-state index in [0.29, 0.717) is 13.1 Å². The Kier molecular flexibility index (Phi) is 5.39. The van der Waals surface area contributed by atoms with Crippen molar-refractivity contribution in [3.8, 4) is 0 Å². The minimum absolute atomic E-state index is 0.00938. The minimum atomic E-state index is -0.307. The van der Waals surface area contributed by atoms with E-state index < -0.39 is 0 Å². The van der Waals surface area contributed by atoms with Gasteiger partial charge in [-0.15, -0.1) is 0 Å². The fraction of sp³-hybridized carbons (Fsp3) is 0.556. The number of halogens is 1. The van der Waals surface area contributed by atoms with Crippen molar-refractivity contribution >= 4 is 11.8 Å². The number of carbonyl (C=O) groups excluding carboxylic acids is 2. The minimum Gasteiger partial charge on any atom is -0.351 e. The summed E-state index contributed by atoms with van der Waals surface area (Å²) in [6, 6.07) is 5.97. The van der Waals surface area contributed by atoms with Crippen LogP contribution in [-0.4, -0.2) is 35.3 Å². The number of nitrogens with zero attached hydrogens (tertiary/aromatic N) is 1. The maximum Gasteiger partial charge on any atom is 0.227 e. The summed E-state index contributed by atoms with van der Waals surface area (Å²) < 4.78 is 12.9. The van der Waals surface area contributed by atoms with Gasteiger partial charge >= 0.3 is 0 Å². The molecule has 0 spiro atoms. The average Bonchev–Trinajstić information content (AvgIpc) is 2.48. The Morgan fingerprint density at radius 2 is 1.91 bits per heavy atom. The molecule has 0 aliphatic carbocycles. The van der Waals surface area contributed by atoms with Crippen LogP contribution in [0.1, 0.15) is 39.2 Å². The van der Waals surface area contributed by atoms with Crippen molar-refractivity contribution in [2.75, 3.05) is 13.1 Å². The fourth-order valence-corrected chi connectivity index (χ4v) is 2.78. The van der Waals surface area contributed by atoms with Crippen molar-refractivity contribution in [2.24, 2.45) is 5.92 Å². The van der Waals surface area contributed by atoms with Gasteiger partial charge < -0.3 is 10.2 Å². The third-order valence-electron chi connectivity index (χ3n) is 3.91. The van der Waals surface area contributed by atoms with E-state index in [4.69, 9.17) is 0 Å². The predicted molar refractivity (Wildman–Crippen MR) is 87.3 cm³/mol. The van der Waals surface area contributed by atoms with Crippen LogP contribution in [0.5, 0.6) is 0 Å². The first-order chi connectivity index (χ1) is 10.7. The molecule has 1 saturated heterocycles. The molecule has 1 aromatic carbocycles. The molecule has 2 amide bonds. The molecule has 1 aliphatic rings. The molecule has 0 aromatic heterocycles. The zero-order valence-corrected chi connectivity index (χ0v) is 14.1. The highest BCUT2D eigenvalue weighted by atomic mass is 19.1. The molecule has 0 radical (unpaired) electrons. The molecule has 1 atom stereocenters. The Bertz CT molecular complexity index is 563. The third-order valence-corrected chi connectivity index (χ3v) is 3.91. The molecule has 1 fully saturated rings. The van der Waals surface area contributed by atoms with Crippen molar-refractivity contribution < 1.29 is 14.0 Å². The lowest BCUT2D eigenvalue weighted by Gasteiger charge is -2.34. The molecule has 0 saturated carbocycles. The quantitative estimate of drug-likeness (QED) is 0.930. The number of nitrogens with one attached hydrogen (secondary N) is 1. The number of likely N-dealkylation sites (tertiary alicyclic amines) is 1. The first-order valence-electron chi connectivity index (χ1n) is 8.09. The van der Waals surface area contributed by atoms with E-state index in [1.807, 2.05) is 20.8 Å². The van der Waals surface area contributed by atoms with Crippen LogP contribution in [0.2, 0.25) is 0 Å². The van der Waals surface area contributed by atoms with Crippen LogP contribution in [0, 0.1) is 11.7 Å². The Balaban J connectivity index is 1.93. The molecule has 23 heavy (non-hydrogen) atoms. The van der Waals surface area contributed by atoms with Crippen LogP contribution in [0.25, 0.3) is 0 Å². The highest BCUT2D eigenvalue weighted by Crippen LogP contribution is 2.19. The summed E-state index contributed by atoms with van der Waals surface area (Å²) in [4.78, 5) is 26.4. The first-order valence-corrected chi connectivity index (χ1v) is 8.09. The molecule has 0 unspecified atom stereocenters. The maximum absolute atomic E-state index is 12.9. The van der Waals surface area contributed by atoms with Crippen LogP contribution in [0.15, 0.2) is 24.3 Å². The van der Waals surface area contributed by atoms with E-state index in [9.17, 15) is 14.0 Å². The van der Waals surface area contributed by atoms with Gasteiger partial charge in [0.15, 0.2) is 0 Å². The van der Waals surface area contributed by atoms with Gasteiger partial charge in [0.1, 0.15) is 5.82 Å². The monoisotopic (exact) mass is 320 g/mol. The summed E-state index contributed by atoms with van der Waals surface area (Å²) in [6.45, 7) is 6.99. The van der Waals surface area contributed by atoms with Crippen LogP contribution in [-0.2, 0) is 16.0 Å². The summed E-state index contributed by atoms with van der Waals surface area (Å²) >= 11 is 0. The molecule has 126 valence electrons. The molecule has 0 bridgehead atoms. The van der Waals surface area contributed by atoms with Crippen LogP contribution in [0.4, 0.5) is 4.39 Å². The van der Waals surface area contributed by atoms with E-state index in [-0.39, 0.29) is 35.5 Å². The van der Waals surface area contributed by atoms with Crippen LogP contribution < -0.4 is 5.32 Å². The van der Waals surface area contributed by atoms with Gasteiger partial charge in [0.2, 0.25) is 11.8 Å². The summed E-state index contributed by atoms with van der Waals surface area (Å²) in [5.41, 5.74) is 0.523. The van der Waals surface area contributed by atoms with Gasteiger partial charge in [-0.2, -0.15) is 0 Å². The molecular weight excluding hydrogens is 295 g/mol. The Morgan fingerprint density at radius 3 is 2.52 bits per heavy atom. The van der Waals surface area contributed by atoms with E-state index in [1.165, 1.54) is 12.1 Å². The first kappa shape index (κ1) is 17.4. The molecule has 5 heteroatoms. The predicted octanol–water partition coefficient (Wildman–Crippen LogP) is 2.52. The van der Waals surface area contributed by atoms with Gasteiger partial charge in [-0.3, -0.25) is 9.59 Å². The maximum atomic E-state index is 12.9. The average molecular weight is 320 g/mol. The van der Waals surface area contributed by atoms with E-state index in [0.717, 1.165) is 18.4 Å². The topological polar surface area (TPSA) is 49.4 Å². The van der Waals surface area contributed by atoms with Crippen LogP contribution >= 0.6 is 0 Å². The largest absolute Gasteiger partial charge is 0.351 e. The highest BCUT2D eigenvalue weighted by molar-refractivity contribution is 5.82. The van der Waals surface area contributed by atoms with Gasteiger partial charge in [0, 0.05) is 18.6 Å². The molecule has 1 N–H and O–H groups in total. The number of carbonyl (C=O) groups is 2. The Morgan fingerprint density at radius 1 is 1.26 bits per heavy atom. The second-order valence-electron chi connectivity index (χ2n) is 7.22.